The smallest absolute Gasteiger partial charge is 0.166 e. The molecule has 256 valence electrons. The maximum absolute atomic E-state index is 5.38. The number of rotatable bonds is 4. The van der Waals surface area contributed by atoms with E-state index in [-0.39, 0.29) is 0 Å². The highest BCUT2D eigenvalue weighted by molar-refractivity contribution is 7.26. The summed E-state index contributed by atoms with van der Waals surface area (Å²) in [4.78, 5) is 15.9. The van der Waals surface area contributed by atoms with Crippen molar-refractivity contribution in [1.82, 2.24) is 19.5 Å². The van der Waals surface area contributed by atoms with Crippen molar-refractivity contribution >= 4 is 95.6 Å². The number of nitrogens with zero attached hydrogens (tertiary/aromatic N) is 4. The summed E-state index contributed by atoms with van der Waals surface area (Å²) in [6.45, 7) is 0. The van der Waals surface area contributed by atoms with Crippen LogP contribution in [0.1, 0.15) is 0 Å². The fourth-order valence-corrected chi connectivity index (χ4v) is 10.5. The maximum Gasteiger partial charge on any atom is 0.166 e. The highest BCUT2D eigenvalue weighted by Crippen LogP contribution is 2.43. The molecule has 0 radical (unpaired) electrons. The molecule has 8 aromatic carbocycles. The van der Waals surface area contributed by atoms with Gasteiger partial charge in [0.25, 0.3) is 0 Å². The summed E-state index contributed by atoms with van der Waals surface area (Å²) in [6, 6.07) is 60.8. The van der Waals surface area contributed by atoms with Crippen molar-refractivity contribution in [1.29, 1.82) is 0 Å². The zero-order valence-electron chi connectivity index (χ0n) is 29.3. The standard InChI is InChI=1S/C49H28N4S2/c1-2-12-29(13-3-1)47-50-48(32-22-23-36-34-17-7-10-20-43(34)54-45(36)26-32)52-49(51-47)39-27-38-35-18-8-11-21-44(35)55-46(38)28-42(39)53-40-19-9-6-16-33(40)37-24-30-14-4-5-15-31(30)25-41(37)53/h1-28H. The first-order valence-electron chi connectivity index (χ1n) is 18.3. The van der Waals surface area contributed by atoms with E-state index >= 15 is 0 Å². The van der Waals surface area contributed by atoms with Gasteiger partial charge in [0, 0.05) is 67.8 Å². The number of para-hydroxylation sites is 1. The lowest BCUT2D eigenvalue weighted by molar-refractivity contribution is 1.07. The first-order chi connectivity index (χ1) is 27.2. The summed E-state index contributed by atoms with van der Waals surface area (Å²) in [7, 11) is 0. The van der Waals surface area contributed by atoms with Crippen LogP contribution in [0.3, 0.4) is 0 Å². The number of benzene rings is 8. The molecule has 0 aliphatic rings. The van der Waals surface area contributed by atoms with Gasteiger partial charge in [-0.1, -0.05) is 121 Å². The highest BCUT2D eigenvalue weighted by atomic mass is 32.1. The first kappa shape index (κ1) is 30.7. The van der Waals surface area contributed by atoms with Crippen LogP contribution < -0.4 is 0 Å². The Morgan fingerprint density at radius 2 is 0.927 bits per heavy atom. The predicted molar refractivity (Wildman–Crippen MR) is 234 cm³/mol. The van der Waals surface area contributed by atoms with Gasteiger partial charge in [-0.15, -0.1) is 22.7 Å². The first-order valence-corrected chi connectivity index (χ1v) is 20.0. The molecule has 0 bridgehead atoms. The third-order valence-electron chi connectivity index (χ3n) is 10.8. The Bertz CT molecular complexity index is 3500. The molecule has 12 rings (SSSR count). The SMILES string of the molecule is c1ccc(-c2nc(-c3ccc4c(c3)sc3ccccc34)nc(-c3cc4c(cc3-n3c5ccccc5c5cc6ccccc6cc53)sc3ccccc34)n2)cc1. The van der Waals surface area contributed by atoms with E-state index in [1.54, 1.807) is 11.3 Å². The molecule has 0 atom stereocenters. The average molecular weight is 737 g/mol. The Hall–Kier alpha value is -6.73. The van der Waals surface area contributed by atoms with Crippen LogP contribution >= 0.6 is 22.7 Å². The molecular formula is C49H28N4S2. The van der Waals surface area contributed by atoms with Crippen molar-refractivity contribution < 1.29 is 0 Å². The number of aromatic nitrogens is 4. The number of thiophene rings is 2. The van der Waals surface area contributed by atoms with Gasteiger partial charge in [-0.3, -0.25) is 0 Å². The third kappa shape index (κ3) is 4.79. The molecule has 0 spiro atoms. The Morgan fingerprint density at radius 3 is 1.71 bits per heavy atom. The minimum absolute atomic E-state index is 0.638. The third-order valence-corrected chi connectivity index (χ3v) is 13.1. The zero-order valence-corrected chi connectivity index (χ0v) is 30.9. The van der Waals surface area contributed by atoms with Gasteiger partial charge in [0.2, 0.25) is 0 Å². The Morgan fingerprint density at radius 1 is 0.345 bits per heavy atom. The largest absolute Gasteiger partial charge is 0.308 e. The number of hydrogen-bond donors (Lipinski definition) is 0. The van der Waals surface area contributed by atoms with Gasteiger partial charge >= 0.3 is 0 Å². The van der Waals surface area contributed by atoms with Gasteiger partial charge in [0.1, 0.15) is 0 Å². The Labute approximate surface area is 323 Å². The molecule has 0 amide bonds. The topological polar surface area (TPSA) is 43.6 Å². The van der Waals surface area contributed by atoms with Crippen LogP contribution in [0.4, 0.5) is 0 Å². The van der Waals surface area contributed by atoms with E-state index in [9.17, 15) is 0 Å². The predicted octanol–water partition coefficient (Wildman–Crippen LogP) is 13.9. The normalized spacial score (nSPS) is 12.0. The molecule has 0 fully saturated rings. The summed E-state index contributed by atoms with van der Waals surface area (Å²) in [5.74, 6) is 1.93. The molecule has 4 nitrogen and oxygen atoms in total. The van der Waals surface area contributed by atoms with Crippen molar-refractivity contribution in [3.8, 4) is 39.9 Å². The van der Waals surface area contributed by atoms with Crippen LogP contribution in [-0.4, -0.2) is 19.5 Å². The van der Waals surface area contributed by atoms with Crippen LogP contribution in [0.2, 0.25) is 0 Å². The minimum atomic E-state index is 0.638. The molecule has 0 saturated heterocycles. The lowest BCUT2D eigenvalue weighted by atomic mass is 10.0. The molecule has 4 heterocycles. The zero-order chi connectivity index (χ0) is 36.0. The van der Waals surface area contributed by atoms with Crippen molar-refractivity contribution in [3.05, 3.63) is 170 Å². The fourth-order valence-electron chi connectivity index (χ4n) is 8.25. The summed E-state index contributed by atoms with van der Waals surface area (Å²) in [5, 5.41) is 9.81. The van der Waals surface area contributed by atoms with E-state index in [1.165, 1.54) is 61.9 Å². The fraction of sp³-hybridized carbons (Fsp3) is 0. The van der Waals surface area contributed by atoms with Crippen LogP contribution in [0.5, 0.6) is 0 Å². The summed E-state index contributed by atoms with van der Waals surface area (Å²) < 4.78 is 7.39. The highest BCUT2D eigenvalue weighted by Gasteiger charge is 2.22. The molecule has 0 saturated carbocycles. The second-order valence-corrected chi connectivity index (χ2v) is 16.2. The van der Waals surface area contributed by atoms with Crippen LogP contribution in [0, 0.1) is 0 Å². The quantitative estimate of drug-likeness (QED) is 0.181. The van der Waals surface area contributed by atoms with Crippen LogP contribution in [-0.2, 0) is 0 Å². The van der Waals surface area contributed by atoms with E-state index in [4.69, 9.17) is 15.0 Å². The van der Waals surface area contributed by atoms with Crippen LogP contribution in [0.25, 0.3) is 113 Å². The summed E-state index contributed by atoms with van der Waals surface area (Å²) in [6.07, 6.45) is 0. The number of fused-ring (bicyclic) bond motifs is 10. The minimum Gasteiger partial charge on any atom is -0.308 e. The van der Waals surface area contributed by atoms with Gasteiger partial charge in [-0.25, -0.2) is 15.0 Å². The summed E-state index contributed by atoms with van der Waals surface area (Å²) >= 11 is 3.63. The van der Waals surface area contributed by atoms with Crippen molar-refractivity contribution in [2.45, 2.75) is 0 Å². The lowest BCUT2D eigenvalue weighted by Crippen LogP contribution is -2.03. The molecule has 0 unspecified atom stereocenters. The molecule has 12 aromatic rings. The molecule has 0 N–H and O–H groups in total. The molecule has 55 heavy (non-hydrogen) atoms. The maximum atomic E-state index is 5.38. The van der Waals surface area contributed by atoms with Crippen molar-refractivity contribution in [2.24, 2.45) is 0 Å². The molecule has 0 aliphatic carbocycles. The van der Waals surface area contributed by atoms with Crippen LogP contribution in [0.15, 0.2) is 170 Å². The summed E-state index contributed by atoms with van der Waals surface area (Å²) in [5.41, 5.74) is 6.19. The van der Waals surface area contributed by atoms with Crippen molar-refractivity contribution in [3.63, 3.8) is 0 Å². The van der Waals surface area contributed by atoms with E-state index in [2.05, 4.69) is 156 Å². The number of hydrogen-bond acceptors (Lipinski definition) is 5. The van der Waals surface area contributed by atoms with Gasteiger partial charge in [-0.2, -0.15) is 0 Å². The van der Waals surface area contributed by atoms with Gasteiger partial charge < -0.3 is 4.57 Å². The van der Waals surface area contributed by atoms with E-state index in [0.29, 0.717) is 17.5 Å². The van der Waals surface area contributed by atoms with Gasteiger partial charge in [-0.05, 0) is 59.3 Å². The van der Waals surface area contributed by atoms with E-state index in [0.717, 1.165) is 33.4 Å². The van der Waals surface area contributed by atoms with Crippen molar-refractivity contribution in [2.75, 3.05) is 0 Å². The molecule has 4 aromatic heterocycles. The second-order valence-electron chi connectivity index (χ2n) is 14.0. The molecule has 6 heteroatoms. The van der Waals surface area contributed by atoms with Gasteiger partial charge in [0.05, 0.1) is 16.7 Å². The lowest BCUT2D eigenvalue weighted by Gasteiger charge is -2.15. The average Bonchev–Trinajstić information content (AvgIpc) is 3.91. The Balaban J connectivity index is 1.19. The van der Waals surface area contributed by atoms with E-state index in [1.807, 2.05) is 29.5 Å². The molecular weight excluding hydrogens is 709 g/mol. The van der Waals surface area contributed by atoms with Gasteiger partial charge in [0.15, 0.2) is 17.5 Å². The molecule has 0 aliphatic heterocycles. The second kappa shape index (κ2) is 11.9. The Kier molecular flexibility index (Phi) is 6.64. The van der Waals surface area contributed by atoms with E-state index < -0.39 is 0 Å². The monoisotopic (exact) mass is 736 g/mol.